The zero-order valence-electron chi connectivity index (χ0n) is 8.32. The molecule has 0 radical (unpaired) electrons. The number of alkyl halides is 3. The highest BCUT2D eigenvalue weighted by Crippen LogP contribution is 2.39. The quantitative estimate of drug-likeness (QED) is 0.823. The Morgan fingerprint density at radius 2 is 2.00 bits per heavy atom. The van der Waals surface area contributed by atoms with Gasteiger partial charge in [-0.15, -0.1) is 0 Å². The van der Waals surface area contributed by atoms with Crippen LogP contribution in [0, 0.1) is 5.82 Å². The van der Waals surface area contributed by atoms with Gasteiger partial charge in [0, 0.05) is 7.05 Å². The number of halogens is 5. The number of anilines is 1. The highest BCUT2D eigenvalue weighted by molar-refractivity contribution is 9.10. The second-order valence-corrected chi connectivity index (χ2v) is 3.82. The third-order valence-electron chi connectivity index (χ3n) is 1.99. The smallest absolute Gasteiger partial charge is 0.417 e. The van der Waals surface area contributed by atoms with E-state index in [9.17, 15) is 22.4 Å². The molecule has 2 N–H and O–H groups in total. The Hall–Kier alpha value is -1.31. The number of aromatic carboxylic acids is 1. The minimum atomic E-state index is -4.84. The van der Waals surface area contributed by atoms with Gasteiger partial charge in [0.15, 0.2) is 5.82 Å². The van der Waals surface area contributed by atoms with Crippen LogP contribution in [0.5, 0.6) is 0 Å². The third kappa shape index (κ3) is 2.51. The second-order valence-electron chi connectivity index (χ2n) is 3.03. The number of carboxylic acid groups (broad SMARTS) is 1. The predicted molar refractivity (Wildman–Crippen MR) is 55.6 cm³/mol. The first-order chi connectivity index (χ1) is 7.70. The molecule has 0 saturated carbocycles. The van der Waals surface area contributed by atoms with Gasteiger partial charge in [0.1, 0.15) is 0 Å². The maximum Gasteiger partial charge on any atom is 0.417 e. The number of carbonyl (C=O) groups is 1. The molecule has 1 aromatic carbocycles. The van der Waals surface area contributed by atoms with Crippen molar-refractivity contribution in [2.75, 3.05) is 12.4 Å². The fourth-order valence-electron chi connectivity index (χ4n) is 1.25. The van der Waals surface area contributed by atoms with Crippen molar-refractivity contribution in [1.82, 2.24) is 0 Å². The lowest BCUT2D eigenvalue weighted by Gasteiger charge is -2.14. The van der Waals surface area contributed by atoms with Crippen LogP contribution in [0.3, 0.4) is 0 Å². The van der Waals surface area contributed by atoms with Crippen molar-refractivity contribution < 1.29 is 27.5 Å². The van der Waals surface area contributed by atoms with E-state index in [1.54, 1.807) is 0 Å². The summed E-state index contributed by atoms with van der Waals surface area (Å²) in [7, 11) is 1.21. The molecule has 1 rings (SSSR count). The molecular weight excluding hydrogens is 310 g/mol. The summed E-state index contributed by atoms with van der Waals surface area (Å²) in [6, 6.07) is 0.376. The van der Waals surface area contributed by atoms with E-state index in [0.717, 1.165) is 0 Å². The number of benzene rings is 1. The summed E-state index contributed by atoms with van der Waals surface area (Å²) in [5.41, 5.74) is -2.65. The molecule has 1 aromatic rings. The van der Waals surface area contributed by atoms with Crippen LogP contribution < -0.4 is 5.32 Å². The van der Waals surface area contributed by atoms with Crippen molar-refractivity contribution in [3.8, 4) is 0 Å². The highest BCUT2D eigenvalue weighted by atomic mass is 79.9. The van der Waals surface area contributed by atoms with Crippen molar-refractivity contribution in [2.24, 2.45) is 0 Å². The number of carboxylic acids is 1. The molecule has 0 bridgehead atoms. The SMILES string of the molecule is CNc1c(C(=O)O)cc(C(F)(F)F)c(Br)c1F. The van der Waals surface area contributed by atoms with Crippen LogP contribution in [0.25, 0.3) is 0 Å². The van der Waals surface area contributed by atoms with E-state index in [0.29, 0.717) is 6.07 Å². The minimum absolute atomic E-state index is 0.376. The average molecular weight is 316 g/mol. The number of rotatable bonds is 2. The molecule has 0 aromatic heterocycles. The lowest BCUT2D eigenvalue weighted by atomic mass is 10.1. The first kappa shape index (κ1) is 13.8. The van der Waals surface area contributed by atoms with E-state index < -0.39 is 39.2 Å². The maximum atomic E-state index is 13.5. The fourth-order valence-corrected chi connectivity index (χ4v) is 1.78. The molecule has 0 aliphatic rings. The van der Waals surface area contributed by atoms with Crippen molar-refractivity contribution >= 4 is 27.6 Å². The zero-order valence-corrected chi connectivity index (χ0v) is 9.91. The molecule has 94 valence electrons. The Kier molecular flexibility index (Phi) is 3.65. The van der Waals surface area contributed by atoms with Gasteiger partial charge in [0.2, 0.25) is 0 Å². The Balaban J connectivity index is 3.64. The monoisotopic (exact) mass is 315 g/mol. The van der Waals surface area contributed by atoms with Gasteiger partial charge >= 0.3 is 12.1 Å². The molecule has 17 heavy (non-hydrogen) atoms. The van der Waals surface area contributed by atoms with Crippen LogP contribution >= 0.6 is 15.9 Å². The van der Waals surface area contributed by atoms with Crippen LogP contribution in [0.1, 0.15) is 15.9 Å². The molecule has 0 fully saturated rings. The van der Waals surface area contributed by atoms with Crippen LogP contribution in [-0.2, 0) is 6.18 Å². The number of hydrogen-bond acceptors (Lipinski definition) is 2. The summed E-state index contributed by atoms with van der Waals surface area (Å²) < 4.78 is 50.2. The van der Waals surface area contributed by atoms with Crippen molar-refractivity contribution in [3.05, 3.63) is 27.5 Å². The van der Waals surface area contributed by atoms with Gasteiger partial charge < -0.3 is 10.4 Å². The van der Waals surface area contributed by atoms with Crippen molar-refractivity contribution in [2.45, 2.75) is 6.18 Å². The summed E-state index contributed by atoms with van der Waals surface area (Å²) in [6.45, 7) is 0. The lowest BCUT2D eigenvalue weighted by molar-refractivity contribution is -0.138. The van der Waals surface area contributed by atoms with E-state index in [-0.39, 0.29) is 0 Å². The van der Waals surface area contributed by atoms with E-state index in [2.05, 4.69) is 21.2 Å². The van der Waals surface area contributed by atoms with Crippen LogP contribution in [0.15, 0.2) is 10.5 Å². The van der Waals surface area contributed by atoms with Gasteiger partial charge in [-0.3, -0.25) is 0 Å². The van der Waals surface area contributed by atoms with Gasteiger partial charge in [-0.2, -0.15) is 13.2 Å². The summed E-state index contributed by atoms with van der Waals surface area (Å²) in [5, 5.41) is 10.9. The van der Waals surface area contributed by atoms with Gasteiger partial charge in [-0.05, 0) is 22.0 Å². The molecule has 0 aliphatic heterocycles. The molecule has 0 aliphatic carbocycles. The second kappa shape index (κ2) is 4.52. The van der Waals surface area contributed by atoms with E-state index in [1.807, 2.05) is 0 Å². The molecule has 8 heteroatoms. The topological polar surface area (TPSA) is 49.3 Å². The Bertz CT molecular complexity index is 473. The molecule has 3 nitrogen and oxygen atoms in total. The number of nitrogens with one attached hydrogen (secondary N) is 1. The van der Waals surface area contributed by atoms with Gasteiger partial charge in [-0.1, -0.05) is 0 Å². The largest absolute Gasteiger partial charge is 0.478 e. The summed E-state index contributed by atoms with van der Waals surface area (Å²) in [5.74, 6) is -2.94. The zero-order chi connectivity index (χ0) is 13.4. The molecule has 0 unspecified atom stereocenters. The van der Waals surface area contributed by atoms with Gasteiger partial charge in [0.25, 0.3) is 0 Å². The highest BCUT2D eigenvalue weighted by Gasteiger charge is 2.36. The number of hydrogen-bond donors (Lipinski definition) is 2. The first-order valence-corrected chi connectivity index (χ1v) is 4.99. The maximum absolute atomic E-state index is 13.5. The van der Waals surface area contributed by atoms with Gasteiger partial charge in [0.05, 0.1) is 21.3 Å². The molecule has 0 amide bonds. The lowest BCUT2D eigenvalue weighted by Crippen LogP contribution is -2.13. The minimum Gasteiger partial charge on any atom is -0.478 e. The molecule has 0 spiro atoms. The van der Waals surface area contributed by atoms with E-state index in [1.165, 1.54) is 7.05 Å². The third-order valence-corrected chi connectivity index (χ3v) is 2.77. The van der Waals surface area contributed by atoms with Crippen LogP contribution in [0.2, 0.25) is 0 Å². The molecule has 0 saturated heterocycles. The average Bonchev–Trinajstić information content (AvgIpc) is 2.19. The van der Waals surface area contributed by atoms with Crippen LogP contribution in [0.4, 0.5) is 23.2 Å². The molecule has 0 atom stereocenters. The summed E-state index contributed by atoms with van der Waals surface area (Å²) in [4.78, 5) is 10.7. The summed E-state index contributed by atoms with van der Waals surface area (Å²) >= 11 is 2.46. The van der Waals surface area contributed by atoms with Crippen molar-refractivity contribution in [3.63, 3.8) is 0 Å². The molecule has 0 heterocycles. The van der Waals surface area contributed by atoms with Gasteiger partial charge in [-0.25, -0.2) is 9.18 Å². The normalized spacial score (nSPS) is 11.4. The Morgan fingerprint density at radius 3 is 2.35 bits per heavy atom. The van der Waals surface area contributed by atoms with E-state index in [4.69, 9.17) is 5.11 Å². The predicted octanol–water partition coefficient (Wildman–Crippen LogP) is 3.35. The van der Waals surface area contributed by atoms with Crippen LogP contribution in [-0.4, -0.2) is 18.1 Å². The first-order valence-electron chi connectivity index (χ1n) is 4.20. The fraction of sp³-hybridized carbons (Fsp3) is 0.222. The van der Waals surface area contributed by atoms with Crippen molar-refractivity contribution in [1.29, 1.82) is 0 Å². The Morgan fingerprint density at radius 1 is 1.47 bits per heavy atom. The Labute approximate surface area is 102 Å². The summed E-state index contributed by atoms with van der Waals surface area (Å²) in [6.07, 6.45) is -4.84. The standard InChI is InChI=1S/C9H6BrF4NO2/c1-15-7-3(8(16)17)2-4(9(12,13)14)5(10)6(7)11/h2,15H,1H3,(H,16,17). The molecular formula is C9H6BrF4NO2. The van der Waals surface area contributed by atoms with E-state index >= 15 is 0 Å².